The number of nitrogens with one attached hydrogen (secondary N) is 1. The molecule has 3 aromatic rings. The van der Waals surface area contributed by atoms with Gasteiger partial charge in [-0.25, -0.2) is 0 Å². The number of hydrogen-bond acceptors (Lipinski definition) is 5. The van der Waals surface area contributed by atoms with E-state index in [1.807, 2.05) is 57.5 Å². The maximum Gasteiger partial charge on any atom is 0.168 e. The number of hydrogen-bond donors (Lipinski definition) is 2. The van der Waals surface area contributed by atoms with Crippen LogP contribution in [0.1, 0.15) is 16.1 Å². The number of nitrogen functional groups attached to an aromatic ring is 1. The van der Waals surface area contributed by atoms with Gasteiger partial charge in [0.1, 0.15) is 5.69 Å². The zero-order valence-corrected chi connectivity index (χ0v) is 14.7. The molecule has 128 valence electrons. The molecule has 0 atom stereocenters. The molecule has 1 aromatic carbocycles. The molecule has 0 amide bonds. The first-order chi connectivity index (χ1) is 12.1. The van der Waals surface area contributed by atoms with Crippen molar-refractivity contribution in [1.82, 2.24) is 15.3 Å². The van der Waals surface area contributed by atoms with E-state index in [2.05, 4.69) is 15.3 Å². The first-order valence-electron chi connectivity index (χ1n) is 7.90. The topological polar surface area (TPSA) is 80.9 Å². The number of aryl methyl sites for hydroxylation is 1. The highest BCUT2D eigenvalue weighted by atomic mass is 16.1. The third-order valence-corrected chi connectivity index (χ3v) is 3.55. The van der Waals surface area contributed by atoms with Crippen molar-refractivity contribution in [3.05, 3.63) is 66.2 Å². The predicted octanol–water partition coefficient (Wildman–Crippen LogP) is 3.35. The lowest BCUT2D eigenvalue weighted by molar-refractivity contribution is 0.111. The van der Waals surface area contributed by atoms with E-state index in [0.717, 1.165) is 39.8 Å². The first kappa shape index (κ1) is 18.3. The number of aldehydes is 1. The molecule has 5 heteroatoms. The predicted molar refractivity (Wildman–Crippen MR) is 102 cm³/mol. The van der Waals surface area contributed by atoms with E-state index in [9.17, 15) is 4.79 Å². The van der Waals surface area contributed by atoms with Gasteiger partial charge in [0.05, 0.1) is 0 Å². The van der Waals surface area contributed by atoms with Gasteiger partial charge >= 0.3 is 0 Å². The number of anilines is 1. The van der Waals surface area contributed by atoms with Crippen molar-refractivity contribution in [1.29, 1.82) is 0 Å². The highest BCUT2D eigenvalue weighted by Gasteiger charge is 2.06. The molecule has 0 aliphatic heterocycles. The smallest absolute Gasteiger partial charge is 0.168 e. The number of carbonyl (C=O) groups is 1. The van der Waals surface area contributed by atoms with Crippen LogP contribution in [0.2, 0.25) is 0 Å². The minimum absolute atomic E-state index is 0.406. The lowest BCUT2D eigenvalue weighted by Gasteiger charge is -2.09. The Morgan fingerprint density at radius 2 is 1.72 bits per heavy atom. The standard InChI is InChI=1S/C18H15N3O.C2H7N/c1-12-2-3-16(19)8-18(12)15-6-14(9-20-10-15)13-4-5-21-17(7-13)11-22;1-3-2/h2-11H,19H2,1H3;3H,1-2H3. The highest BCUT2D eigenvalue weighted by molar-refractivity contribution is 5.78. The van der Waals surface area contributed by atoms with Gasteiger partial charge in [-0.15, -0.1) is 0 Å². The van der Waals surface area contributed by atoms with Crippen molar-refractivity contribution in [2.75, 3.05) is 19.8 Å². The van der Waals surface area contributed by atoms with Gasteiger partial charge in [0.25, 0.3) is 0 Å². The Labute approximate surface area is 148 Å². The normalized spacial score (nSPS) is 9.88. The molecular formula is C20H22N4O. The summed E-state index contributed by atoms with van der Waals surface area (Å²) in [6.07, 6.45) is 5.95. The van der Waals surface area contributed by atoms with Gasteiger partial charge in [-0.05, 0) is 68.0 Å². The van der Waals surface area contributed by atoms with E-state index in [1.165, 1.54) is 0 Å². The average Bonchev–Trinajstić information content (AvgIpc) is 2.64. The Morgan fingerprint density at radius 3 is 2.44 bits per heavy atom. The monoisotopic (exact) mass is 334 g/mol. The number of carbonyl (C=O) groups excluding carboxylic acids is 1. The summed E-state index contributed by atoms with van der Waals surface area (Å²) in [5.74, 6) is 0. The molecule has 0 spiro atoms. The molecule has 3 rings (SSSR count). The van der Waals surface area contributed by atoms with Crippen molar-refractivity contribution in [3.8, 4) is 22.3 Å². The zero-order valence-electron chi connectivity index (χ0n) is 14.7. The summed E-state index contributed by atoms with van der Waals surface area (Å²) >= 11 is 0. The van der Waals surface area contributed by atoms with Crippen LogP contribution in [0.5, 0.6) is 0 Å². The molecule has 2 heterocycles. The fraction of sp³-hybridized carbons (Fsp3) is 0.150. The van der Waals surface area contributed by atoms with Gasteiger partial charge in [0.2, 0.25) is 0 Å². The summed E-state index contributed by atoms with van der Waals surface area (Å²) in [5, 5.41) is 2.75. The molecule has 0 aliphatic carbocycles. The van der Waals surface area contributed by atoms with E-state index in [-0.39, 0.29) is 0 Å². The Kier molecular flexibility index (Phi) is 6.37. The Balaban J connectivity index is 0.000000701. The third kappa shape index (κ3) is 4.71. The van der Waals surface area contributed by atoms with Crippen molar-refractivity contribution in [3.63, 3.8) is 0 Å². The average molecular weight is 334 g/mol. The fourth-order valence-corrected chi connectivity index (χ4v) is 2.39. The number of pyridine rings is 2. The van der Waals surface area contributed by atoms with Crippen LogP contribution < -0.4 is 11.1 Å². The van der Waals surface area contributed by atoms with Crippen LogP contribution >= 0.6 is 0 Å². The van der Waals surface area contributed by atoms with Crippen LogP contribution in [-0.2, 0) is 0 Å². The first-order valence-corrected chi connectivity index (χ1v) is 7.90. The Hall–Kier alpha value is -3.05. The van der Waals surface area contributed by atoms with Crippen molar-refractivity contribution in [2.45, 2.75) is 6.92 Å². The number of aromatic nitrogens is 2. The molecule has 0 unspecified atom stereocenters. The molecule has 0 bridgehead atoms. The van der Waals surface area contributed by atoms with E-state index in [1.54, 1.807) is 18.5 Å². The maximum atomic E-state index is 10.9. The molecule has 0 saturated heterocycles. The van der Waals surface area contributed by atoms with E-state index in [4.69, 9.17) is 5.73 Å². The lowest BCUT2D eigenvalue weighted by Crippen LogP contribution is -1.91. The number of nitrogens with two attached hydrogens (primary N) is 1. The third-order valence-electron chi connectivity index (χ3n) is 3.55. The molecule has 0 aliphatic rings. The van der Waals surface area contributed by atoms with Gasteiger partial charge in [-0.2, -0.15) is 0 Å². The largest absolute Gasteiger partial charge is 0.399 e. The van der Waals surface area contributed by atoms with E-state index >= 15 is 0 Å². The molecule has 25 heavy (non-hydrogen) atoms. The van der Waals surface area contributed by atoms with Crippen LogP contribution in [0, 0.1) is 6.92 Å². The second-order valence-electron chi connectivity index (χ2n) is 5.62. The number of nitrogens with zero attached hydrogens (tertiary/aromatic N) is 2. The summed E-state index contributed by atoms with van der Waals surface area (Å²) in [4.78, 5) is 19.2. The molecule has 0 saturated carbocycles. The molecular weight excluding hydrogens is 312 g/mol. The van der Waals surface area contributed by atoms with E-state index in [0.29, 0.717) is 5.69 Å². The van der Waals surface area contributed by atoms with Crippen molar-refractivity contribution in [2.24, 2.45) is 0 Å². The summed E-state index contributed by atoms with van der Waals surface area (Å²) < 4.78 is 0. The van der Waals surface area contributed by atoms with E-state index < -0.39 is 0 Å². The maximum absolute atomic E-state index is 10.9. The van der Waals surface area contributed by atoms with Crippen molar-refractivity contribution < 1.29 is 4.79 Å². The minimum Gasteiger partial charge on any atom is -0.399 e. The Bertz CT molecular complexity index is 862. The fourth-order valence-electron chi connectivity index (χ4n) is 2.39. The van der Waals surface area contributed by atoms with Crippen molar-refractivity contribution >= 4 is 12.0 Å². The van der Waals surface area contributed by atoms with Gasteiger partial charge in [-0.3, -0.25) is 14.8 Å². The van der Waals surface area contributed by atoms with Gasteiger partial charge in [-0.1, -0.05) is 6.07 Å². The molecule has 0 radical (unpaired) electrons. The minimum atomic E-state index is 0.406. The van der Waals surface area contributed by atoms with Crippen LogP contribution in [0.15, 0.2) is 55.0 Å². The summed E-state index contributed by atoms with van der Waals surface area (Å²) in [6.45, 7) is 2.04. The molecule has 2 aromatic heterocycles. The second kappa shape index (κ2) is 8.70. The van der Waals surface area contributed by atoms with Crippen LogP contribution in [-0.4, -0.2) is 30.3 Å². The van der Waals surface area contributed by atoms with Gasteiger partial charge in [0.15, 0.2) is 6.29 Å². The summed E-state index contributed by atoms with van der Waals surface area (Å²) in [6, 6.07) is 11.5. The van der Waals surface area contributed by atoms with Gasteiger partial charge < -0.3 is 11.1 Å². The SMILES string of the molecule is CNC.Cc1ccc(N)cc1-c1cncc(-c2ccnc(C=O)c2)c1. The summed E-state index contributed by atoms with van der Waals surface area (Å²) in [5.41, 5.74) is 12.0. The van der Waals surface area contributed by atoms with Crippen LogP contribution in [0.25, 0.3) is 22.3 Å². The van der Waals surface area contributed by atoms with Gasteiger partial charge in [0, 0.05) is 35.4 Å². The second-order valence-corrected chi connectivity index (χ2v) is 5.62. The number of rotatable bonds is 3. The molecule has 0 fully saturated rings. The lowest BCUT2D eigenvalue weighted by atomic mass is 9.98. The molecule has 3 N–H and O–H groups in total. The highest BCUT2D eigenvalue weighted by Crippen LogP contribution is 2.28. The van der Waals surface area contributed by atoms with Crippen LogP contribution in [0.3, 0.4) is 0 Å². The number of benzene rings is 1. The Morgan fingerprint density at radius 1 is 1.00 bits per heavy atom. The zero-order chi connectivity index (χ0) is 18.2. The van der Waals surface area contributed by atoms with Crippen LogP contribution in [0.4, 0.5) is 5.69 Å². The summed E-state index contributed by atoms with van der Waals surface area (Å²) in [7, 11) is 3.75. The quantitative estimate of drug-likeness (QED) is 0.567. The molecule has 5 nitrogen and oxygen atoms in total.